The van der Waals surface area contributed by atoms with Gasteiger partial charge in [-0.1, -0.05) is 128 Å². The summed E-state index contributed by atoms with van der Waals surface area (Å²) in [4.78, 5) is 12.0. The highest BCUT2D eigenvalue weighted by Crippen LogP contribution is 2.32. The molecule has 1 aliphatic rings. The van der Waals surface area contributed by atoms with E-state index in [4.69, 9.17) is 9.47 Å². The summed E-state index contributed by atoms with van der Waals surface area (Å²) in [7, 11) is 0. The number of hydrogen-bond acceptors (Lipinski definition) is 3. The van der Waals surface area contributed by atoms with Crippen molar-refractivity contribution < 1.29 is 14.3 Å². The van der Waals surface area contributed by atoms with Crippen LogP contribution in [0, 0.1) is 5.92 Å². The molecule has 1 aliphatic heterocycles. The summed E-state index contributed by atoms with van der Waals surface area (Å²) in [5.41, 5.74) is 1.21. The Balaban J connectivity index is 1.72. The van der Waals surface area contributed by atoms with Crippen molar-refractivity contribution in [3.8, 4) is 0 Å². The minimum Gasteiger partial charge on any atom is -0.461 e. The Morgan fingerprint density at radius 3 is 2.03 bits per heavy atom. The van der Waals surface area contributed by atoms with Crippen molar-refractivity contribution in [2.45, 2.75) is 135 Å². The van der Waals surface area contributed by atoms with Crippen LogP contribution in [0.1, 0.15) is 122 Å². The van der Waals surface area contributed by atoms with Crippen LogP contribution < -0.4 is 0 Å². The van der Waals surface area contributed by atoms with Crippen molar-refractivity contribution in [3.63, 3.8) is 0 Å². The lowest BCUT2D eigenvalue weighted by Gasteiger charge is -2.37. The van der Waals surface area contributed by atoms with Gasteiger partial charge in [0.1, 0.15) is 6.10 Å². The number of rotatable bonds is 20. The van der Waals surface area contributed by atoms with Crippen LogP contribution in [-0.2, 0) is 20.9 Å². The van der Waals surface area contributed by atoms with Gasteiger partial charge in [0.25, 0.3) is 0 Å². The predicted octanol–water partition coefficient (Wildman–Crippen LogP) is 8.39. The molecule has 182 valence electrons. The maximum Gasteiger partial charge on any atom is 0.313 e. The van der Waals surface area contributed by atoms with Gasteiger partial charge in [-0.2, -0.15) is 0 Å². The molecule has 0 N–H and O–H groups in total. The fourth-order valence-electron chi connectivity index (χ4n) is 4.70. The summed E-state index contributed by atoms with van der Waals surface area (Å²) < 4.78 is 11.9. The molecule has 0 saturated carbocycles. The molecule has 0 bridgehead atoms. The van der Waals surface area contributed by atoms with Crippen molar-refractivity contribution >= 4 is 5.97 Å². The molecule has 0 radical (unpaired) electrons. The predicted molar refractivity (Wildman–Crippen MR) is 134 cm³/mol. The first-order valence-electron chi connectivity index (χ1n) is 13.6. The Hall–Kier alpha value is -1.35. The average Bonchev–Trinajstić information content (AvgIpc) is 2.81. The zero-order valence-corrected chi connectivity index (χ0v) is 20.9. The van der Waals surface area contributed by atoms with Gasteiger partial charge >= 0.3 is 5.97 Å². The van der Waals surface area contributed by atoms with E-state index in [-0.39, 0.29) is 24.1 Å². The van der Waals surface area contributed by atoms with Gasteiger partial charge in [-0.15, -0.1) is 0 Å². The summed E-state index contributed by atoms with van der Waals surface area (Å²) in [6.07, 6.45) is 20.0. The number of ether oxygens (including phenoxy) is 2. The standard InChI is InChI=1S/C29H48O3/c1-3-5-7-9-10-11-12-13-17-21-26(31-24-25-19-15-14-16-20-25)23-28-27(29(30)32-28)22-18-8-6-4-2/h14-16,19-20,26-28H,3-13,17-18,21-24H2,1-2H3/t26-,27?,28+/m1/s1. The minimum atomic E-state index is 0.0105. The van der Waals surface area contributed by atoms with Gasteiger partial charge in [-0.25, -0.2) is 0 Å². The molecule has 1 aromatic rings. The Morgan fingerprint density at radius 1 is 0.812 bits per heavy atom. The monoisotopic (exact) mass is 444 g/mol. The number of carbonyl (C=O) groups excluding carboxylic acids is 1. The van der Waals surface area contributed by atoms with E-state index in [2.05, 4.69) is 38.1 Å². The zero-order chi connectivity index (χ0) is 22.9. The van der Waals surface area contributed by atoms with E-state index >= 15 is 0 Å². The maximum absolute atomic E-state index is 12.0. The lowest BCUT2D eigenvalue weighted by atomic mass is 9.86. The third-order valence-corrected chi connectivity index (χ3v) is 6.84. The topological polar surface area (TPSA) is 35.5 Å². The smallest absolute Gasteiger partial charge is 0.313 e. The Labute approximate surface area is 197 Å². The quantitative estimate of drug-likeness (QED) is 0.150. The number of unbranched alkanes of at least 4 members (excludes halogenated alkanes) is 11. The van der Waals surface area contributed by atoms with Gasteiger partial charge in [0.15, 0.2) is 0 Å². The lowest BCUT2D eigenvalue weighted by Crippen LogP contribution is -2.47. The highest BCUT2D eigenvalue weighted by molar-refractivity contribution is 5.78. The number of esters is 1. The van der Waals surface area contributed by atoms with E-state index in [1.165, 1.54) is 82.6 Å². The molecule has 0 aliphatic carbocycles. The van der Waals surface area contributed by atoms with Crippen LogP contribution in [0.15, 0.2) is 30.3 Å². The fraction of sp³-hybridized carbons (Fsp3) is 0.759. The molecule has 1 aromatic carbocycles. The molecular formula is C29H48O3. The first-order chi connectivity index (χ1) is 15.7. The third-order valence-electron chi connectivity index (χ3n) is 6.84. The molecule has 3 nitrogen and oxygen atoms in total. The van der Waals surface area contributed by atoms with E-state index in [0.29, 0.717) is 6.61 Å². The largest absolute Gasteiger partial charge is 0.461 e. The molecule has 32 heavy (non-hydrogen) atoms. The van der Waals surface area contributed by atoms with E-state index in [1.54, 1.807) is 0 Å². The second-order valence-corrected chi connectivity index (χ2v) is 9.70. The molecule has 1 fully saturated rings. The molecule has 3 heteroatoms. The van der Waals surface area contributed by atoms with Crippen LogP contribution in [0.4, 0.5) is 0 Å². The molecule has 1 unspecified atom stereocenters. The fourth-order valence-corrected chi connectivity index (χ4v) is 4.70. The third kappa shape index (κ3) is 11.0. The highest BCUT2D eigenvalue weighted by Gasteiger charge is 2.42. The van der Waals surface area contributed by atoms with Crippen LogP contribution in [0.2, 0.25) is 0 Å². The summed E-state index contributed by atoms with van der Waals surface area (Å²) in [5.74, 6) is 0.106. The summed E-state index contributed by atoms with van der Waals surface area (Å²) in [6.45, 7) is 5.14. The average molecular weight is 445 g/mol. The first kappa shape index (κ1) is 26.9. The summed E-state index contributed by atoms with van der Waals surface area (Å²) in [5, 5.41) is 0. The van der Waals surface area contributed by atoms with Gasteiger partial charge in [0, 0.05) is 6.42 Å². The normalized spacial score (nSPS) is 18.9. The number of carbonyl (C=O) groups is 1. The number of benzene rings is 1. The van der Waals surface area contributed by atoms with Crippen molar-refractivity contribution in [3.05, 3.63) is 35.9 Å². The molecule has 1 saturated heterocycles. The lowest BCUT2D eigenvalue weighted by molar-refractivity contribution is -0.190. The molecule has 0 spiro atoms. The molecular weight excluding hydrogens is 396 g/mol. The zero-order valence-electron chi connectivity index (χ0n) is 20.9. The Bertz CT molecular complexity index is 585. The number of hydrogen-bond donors (Lipinski definition) is 0. The van der Waals surface area contributed by atoms with E-state index in [9.17, 15) is 4.79 Å². The van der Waals surface area contributed by atoms with Crippen LogP contribution in [0.5, 0.6) is 0 Å². The van der Waals surface area contributed by atoms with Crippen LogP contribution in [0.25, 0.3) is 0 Å². The van der Waals surface area contributed by atoms with Crippen LogP contribution >= 0.6 is 0 Å². The Kier molecular flexibility index (Phi) is 14.4. The maximum atomic E-state index is 12.0. The molecule has 3 atom stereocenters. The van der Waals surface area contributed by atoms with E-state index in [1.807, 2.05) is 6.07 Å². The van der Waals surface area contributed by atoms with Crippen molar-refractivity contribution in [1.29, 1.82) is 0 Å². The second-order valence-electron chi connectivity index (χ2n) is 9.70. The highest BCUT2D eigenvalue weighted by atomic mass is 16.6. The van der Waals surface area contributed by atoms with Crippen LogP contribution in [0.3, 0.4) is 0 Å². The first-order valence-corrected chi connectivity index (χ1v) is 13.6. The second kappa shape index (κ2) is 17.2. The van der Waals surface area contributed by atoms with Crippen molar-refractivity contribution in [1.82, 2.24) is 0 Å². The Morgan fingerprint density at radius 2 is 1.41 bits per heavy atom. The van der Waals surface area contributed by atoms with Gasteiger partial charge in [0.05, 0.1) is 18.6 Å². The SMILES string of the molecule is CCCCCCCCCCC[C@H](C[C@@H]1OC(=O)C1CCCCCC)OCc1ccccc1. The van der Waals surface area contributed by atoms with Crippen molar-refractivity contribution in [2.75, 3.05) is 0 Å². The molecule has 0 amide bonds. The van der Waals surface area contributed by atoms with Gasteiger partial charge in [-0.3, -0.25) is 4.79 Å². The van der Waals surface area contributed by atoms with E-state index in [0.717, 1.165) is 25.7 Å². The van der Waals surface area contributed by atoms with Crippen LogP contribution in [-0.4, -0.2) is 18.2 Å². The molecule has 2 rings (SSSR count). The molecule has 0 aromatic heterocycles. The van der Waals surface area contributed by atoms with Crippen molar-refractivity contribution in [2.24, 2.45) is 5.92 Å². The van der Waals surface area contributed by atoms with E-state index < -0.39 is 0 Å². The number of cyclic esters (lactones) is 1. The molecule has 1 heterocycles. The van der Waals surface area contributed by atoms with Gasteiger partial charge in [-0.05, 0) is 18.4 Å². The van der Waals surface area contributed by atoms with Gasteiger partial charge in [0.2, 0.25) is 0 Å². The summed E-state index contributed by atoms with van der Waals surface area (Å²) >= 11 is 0. The van der Waals surface area contributed by atoms with Gasteiger partial charge < -0.3 is 9.47 Å². The minimum absolute atomic E-state index is 0.0105. The summed E-state index contributed by atoms with van der Waals surface area (Å²) in [6, 6.07) is 10.4.